The first-order valence-electron chi connectivity index (χ1n) is 7.78. The third-order valence-corrected chi connectivity index (χ3v) is 3.56. The van der Waals surface area contributed by atoms with Crippen molar-refractivity contribution < 1.29 is 25.2 Å². The van der Waals surface area contributed by atoms with E-state index in [-0.39, 0.29) is 0 Å². The Labute approximate surface area is 142 Å². The molecule has 2 aromatic carbocycles. The average Bonchev–Trinajstić information content (AvgIpc) is 2.66. The highest BCUT2D eigenvalue weighted by Gasteiger charge is 2.26. The highest BCUT2D eigenvalue weighted by Crippen LogP contribution is 2.11. The Bertz CT molecular complexity index is 469. The van der Waals surface area contributed by atoms with Gasteiger partial charge in [0.1, 0.15) is 0 Å². The van der Waals surface area contributed by atoms with E-state index in [1.165, 1.54) is 11.1 Å². The molecule has 0 radical (unpaired) electrons. The monoisotopic (exact) mass is 334 g/mol. The molecule has 0 aromatic heterocycles. The van der Waals surface area contributed by atoms with E-state index < -0.39 is 31.8 Å². The quantitative estimate of drug-likeness (QED) is 0.585. The van der Waals surface area contributed by atoms with Crippen molar-refractivity contribution in [2.45, 2.75) is 13.2 Å². The number of hydrogen-bond donors (Lipinski definition) is 4. The average molecular weight is 334 g/mol. The van der Waals surface area contributed by atoms with Crippen LogP contribution in [0.1, 0.15) is 11.1 Å². The minimum atomic E-state index is -1.11. The zero-order valence-corrected chi connectivity index (χ0v) is 13.7. The highest BCUT2D eigenvalue weighted by molar-refractivity contribution is 5.15. The molecule has 0 aliphatic heterocycles. The lowest BCUT2D eigenvalue weighted by Crippen LogP contribution is -2.37. The molecular formula is C19H26O5. The second kappa shape index (κ2) is 11.7. The normalized spacial score (nSPS) is 10.8. The molecule has 0 spiro atoms. The maximum Gasteiger partial charge on any atom is 0.0721 e. The van der Waals surface area contributed by atoms with Crippen LogP contribution in [0.4, 0.5) is 0 Å². The summed E-state index contributed by atoms with van der Waals surface area (Å²) in [5, 5.41) is 34.0. The molecule has 0 atom stereocenters. The second-order valence-electron chi connectivity index (χ2n) is 5.60. The molecule has 0 amide bonds. The molecule has 0 unspecified atom stereocenters. The topological polar surface area (TPSA) is 90.2 Å². The fourth-order valence-electron chi connectivity index (χ4n) is 1.74. The molecule has 4 N–H and O–H groups in total. The van der Waals surface area contributed by atoms with E-state index in [2.05, 4.69) is 24.3 Å². The van der Waals surface area contributed by atoms with Gasteiger partial charge in [-0.05, 0) is 11.1 Å². The van der Waals surface area contributed by atoms with Crippen LogP contribution in [0.5, 0.6) is 0 Å². The molecule has 132 valence electrons. The molecule has 24 heavy (non-hydrogen) atoms. The Hall–Kier alpha value is -1.76. The standard InChI is InChI=1S/C14H14O.C5H12O4/c1-3-7-13(8-4-1)11-15-12-14-9-5-2-6-10-14;6-1-5(2-7,3-8)4-9/h1-10H,11-12H2;6-9H,1-4H2. The Kier molecular flexibility index (Phi) is 9.91. The summed E-state index contributed by atoms with van der Waals surface area (Å²) in [6.07, 6.45) is 0. The van der Waals surface area contributed by atoms with Crippen LogP contribution in [0.3, 0.4) is 0 Å². The minimum absolute atomic E-state index is 0.406. The van der Waals surface area contributed by atoms with Gasteiger partial charge in [0, 0.05) is 0 Å². The maximum atomic E-state index is 8.50. The SMILES string of the molecule is OCC(CO)(CO)CO.c1ccc(COCc2ccccc2)cc1. The van der Waals surface area contributed by atoms with E-state index in [0.29, 0.717) is 13.2 Å². The summed E-state index contributed by atoms with van der Waals surface area (Å²) < 4.78 is 5.61. The van der Waals surface area contributed by atoms with E-state index in [1.54, 1.807) is 0 Å². The molecule has 0 saturated carbocycles. The number of aliphatic hydroxyl groups is 4. The number of benzene rings is 2. The van der Waals surface area contributed by atoms with Gasteiger partial charge in [0.15, 0.2) is 0 Å². The Balaban J connectivity index is 0.000000277. The van der Waals surface area contributed by atoms with Crippen LogP contribution in [0, 0.1) is 5.41 Å². The van der Waals surface area contributed by atoms with E-state index in [9.17, 15) is 0 Å². The van der Waals surface area contributed by atoms with Gasteiger partial charge in [-0.1, -0.05) is 60.7 Å². The van der Waals surface area contributed by atoms with Gasteiger partial charge in [0.2, 0.25) is 0 Å². The molecule has 2 rings (SSSR count). The van der Waals surface area contributed by atoms with Crippen LogP contribution in [0.15, 0.2) is 60.7 Å². The minimum Gasteiger partial charge on any atom is -0.396 e. The van der Waals surface area contributed by atoms with Crippen LogP contribution in [0.25, 0.3) is 0 Å². The molecule has 5 nitrogen and oxygen atoms in total. The summed E-state index contributed by atoms with van der Waals surface area (Å²) in [5.74, 6) is 0. The van der Waals surface area contributed by atoms with Crippen molar-refractivity contribution in [1.29, 1.82) is 0 Å². The highest BCUT2D eigenvalue weighted by atomic mass is 16.5. The van der Waals surface area contributed by atoms with Crippen molar-refractivity contribution in [3.63, 3.8) is 0 Å². The Morgan fingerprint density at radius 2 is 0.917 bits per heavy atom. The van der Waals surface area contributed by atoms with E-state index >= 15 is 0 Å². The predicted octanol–water partition coefficient (Wildman–Crippen LogP) is 1.35. The fourth-order valence-corrected chi connectivity index (χ4v) is 1.74. The molecule has 0 bridgehead atoms. The second-order valence-corrected chi connectivity index (χ2v) is 5.60. The van der Waals surface area contributed by atoms with Crippen molar-refractivity contribution in [1.82, 2.24) is 0 Å². The molecule has 0 saturated heterocycles. The zero-order chi connectivity index (χ0) is 17.7. The van der Waals surface area contributed by atoms with E-state index in [1.807, 2.05) is 36.4 Å². The first-order valence-corrected chi connectivity index (χ1v) is 7.78. The first kappa shape index (κ1) is 20.3. The third kappa shape index (κ3) is 7.21. The van der Waals surface area contributed by atoms with E-state index in [4.69, 9.17) is 25.2 Å². The van der Waals surface area contributed by atoms with Crippen molar-refractivity contribution in [2.75, 3.05) is 26.4 Å². The van der Waals surface area contributed by atoms with Crippen molar-refractivity contribution >= 4 is 0 Å². The van der Waals surface area contributed by atoms with Crippen LogP contribution < -0.4 is 0 Å². The van der Waals surface area contributed by atoms with Gasteiger partial charge < -0.3 is 25.2 Å². The third-order valence-electron chi connectivity index (χ3n) is 3.56. The molecule has 5 heteroatoms. The van der Waals surface area contributed by atoms with Crippen LogP contribution in [-0.2, 0) is 18.0 Å². The number of hydrogen-bond acceptors (Lipinski definition) is 5. The summed E-state index contributed by atoms with van der Waals surface area (Å²) in [6.45, 7) is -0.272. The van der Waals surface area contributed by atoms with Gasteiger partial charge >= 0.3 is 0 Å². The maximum absolute atomic E-state index is 8.50. The summed E-state index contributed by atoms with van der Waals surface area (Å²) in [5.41, 5.74) is 1.32. The lowest BCUT2D eigenvalue weighted by molar-refractivity contribution is -0.0328. The molecule has 0 heterocycles. The van der Waals surface area contributed by atoms with Gasteiger partial charge in [0.25, 0.3) is 0 Å². The van der Waals surface area contributed by atoms with Crippen molar-refractivity contribution in [2.24, 2.45) is 5.41 Å². The smallest absolute Gasteiger partial charge is 0.0721 e. The number of rotatable bonds is 8. The van der Waals surface area contributed by atoms with Crippen molar-refractivity contribution in [3.05, 3.63) is 71.8 Å². The molecule has 0 aliphatic carbocycles. The molecular weight excluding hydrogens is 308 g/mol. The van der Waals surface area contributed by atoms with Gasteiger partial charge in [-0.15, -0.1) is 0 Å². The lowest BCUT2D eigenvalue weighted by atomic mass is 9.93. The van der Waals surface area contributed by atoms with Crippen LogP contribution in [-0.4, -0.2) is 46.9 Å². The Morgan fingerprint density at radius 1 is 0.583 bits per heavy atom. The van der Waals surface area contributed by atoms with Crippen LogP contribution in [0.2, 0.25) is 0 Å². The van der Waals surface area contributed by atoms with E-state index in [0.717, 1.165) is 0 Å². The number of ether oxygens (including phenoxy) is 1. The van der Waals surface area contributed by atoms with Gasteiger partial charge in [-0.2, -0.15) is 0 Å². The molecule has 0 aliphatic rings. The first-order chi connectivity index (χ1) is 11.7. The zero-order valence-electron chi connectivity index (χ0n) is 13.7. The van der Waals surface area contributed by atoms with Gasteiger partial charge in [0.05, 0.1) is 45.1 Å². The summed E-state index contributed by atoms with van der Waals surface area (Å²) in [4.78, 5) is 0. The predicted molar refractivity (Wildman–Crippen MR) is 92.2 cm³/mol. The van der Waals surface area contributed by atoms with Gasteiger partial charge in [-0.3, -0.25) is 0 Å². The van der Waals surface area contributed by atoms with Crippen molar-refractivity contribution in [3.8, 4) is 0 Å². The van der Waals surface area contributed by atoms with Gasteiger partial charge in [-0.25, -0.2) is 0 Å². The summed E-state index contributed by atoms with van der Waals surface area (Å²) in [7, 11) is 0. The summed E-state index contributed by atoms with van der Waals surface area (Å²) >= 11 is 0. The summed E-state index contributed by atoms with van der Waals surface area (Å²) in [6, 6.07) is 20.4. The number of aliphatic hydroxyl groups excluding tert-OH is 4. The fraction of sp³-hybridized carbons (Fsp3) is 0.368. The largest absolute Gasteiger partial charge is 0.396 e. The van der Waals surface area contributed by atoms with Crippen LogP contribution >= 0.6 is 0 Å². The Morgan fingerprint density at radius 3 is 1.17 bits per heavy atom. The lowest BCUT2D eigenvalue weighted by Gasteiger charge is -2.23. The molecule has 0 fully saturated rings. The molecule has 2 aromatic rings.